The van der Waals surface area contributed by atoms with Crippen LogP contribution in [0.4, 0.5) is 5.82 Å². The summed E-state index contributed by atoms with van der Waals surface area (Å²) in [5, 5.41) is 9.20. The maximum Gasteiger partial charge on any atom is 0.331 e. The van der Waals surface area contributed by atoms with E-state index >= 15 is 0 Å². The van der Waals surface area contributed by atoms with Gasteiger partial charge in [0.25, 0.3) is 11.5 Å². The molecule has 2 aromatic heterocycles. The van der Waals surface area contributed by atoms with E-state index in [9.17, 15) is 19.6 Å². The van der Waals surface area contributed by atoms with E-state index in [0.29, 0.717) is 37.6 Å². The Balaban J connectivity index is 1.79. The van der Waals surface area contributed by atoms with E-state index < -0.39 is 11.2 Å². The van der Waals surface area contributed by atoms with Crippen molar-refractivity contribution in [2.45, 2.75) is 0 Å². The van der Waals surface area contributed by atoms with Crippen LogP contribution >= 0.6 is 0 Å². The normalized spacial score (nSPS) is 14.2. The maximum absolute atomic E-state index is 12.7. The molecule has 0 saturated carbocycles. The van der Waals surface area contributed by atoms with Gasteiger partial charge in [-0.05, 0) is 12.1 Å². The molecule has 0 aromatic carbocycles. The minimum absolute atomic E-state index is 0.0714. The summed E-state index contributed by atoms with van der Waals surface area (Å²) < 4.78 is 2.14. The molecule has 0 radical (unpaired) electrons. The first kappa shape index (κ1) is 17.4. The number of carbonyl (C=O) groups is 1. The van der Waals surface area contributed by atoms with Crippen LogP contribution in [0.3, 0.4) is 0 Å². The molecule has 0 atom stereocenters. The van der Waals surface area contributed by atoms with Gasteiger partial charge in [0.05, 0.1) is 5.56 Å². The van der Waals surface area contributed by atoms with Crippen molar-refractivity contribution in [1.82, 2.24) is 19.0 Å². The second-order valence-electron chi connectivity index (χ2n) is 6.03. The highest BCUT2D eigenvalue weighted by Gasteiger charge is 2.26. The molecule has 0 unspecified atom stereocenters. The fourth-order valence-corrected chi connectivity index (χ4v) is 2.96. The lowest BCUT2D eigenvalue weighted by Gasteiger charge is -2.35. The molecule has 1 amide bonds. The molecule has 9 nitrogen and oxygen atoms in total. The lowest BCUT2D eigenvalue weighted by Crippen LogP contribution is -2.50. The van der Waals surface area contributed by atoms with Gasteiger partial charge < -0.3 is 9.80 Å². The molecule has 2 aromatic rings. The molecule has 0 aliphatic carbocycles. The first-order valence-electron chi connectivity index (χ1n) is 8.10. The molecule has 1 aliphatic heterocycles. The summed E-state index contributed by atoms with van der Waals surface area (Å²) in [6, 6.07) is 6.71. The summed E-state index contributed by atoms with van der Waals surface area (Å²) in [6.45, 7) is 1.83. The third kappa shape index (κ3) is 2.97. The number of piperazine rings is 1. The lowest BCUT2D eigenvalue weighted by molar-refractivity contribution is 0.0734. The Morgan fingerprint density at radius 2 is 1.85 bits per heavy atom. The number of hydrogen-bond acceptors (Lipinski definition) is 6. The Labute approximate surface area is 149 Å². The number of anilines is 1. The van der Waals surface area contributed by atoms with Crippen molar-refractivity contribution in [3.8, 4) is 6.07 Å². The lowest BCUT2D eigenvalue weighted by atomic mass is 10.2. The number of nitriles is 1. The number of nitrogens with zero attached hydrogens (tertiary/aromatic N) is 6. The van der Waals surface area contributed by atoms with Crippen LogP contribution in [0, 0.1) is 11.3 Å². The van der Waals surface area contributed by atoms with Gasteiger partial charge in [-0.25, -0.2) is 9.78 Å². The maximum atomic E-state index is 12.7. The minimum Gasteiger partial charge on any atom is -0.352 e. The molecule has 9 heteroatoms. The van der Waals surface area contributed by atoms with Gasteiger partial charge in [-0.15, -0.1) is 0 Å². The smallest absolute Gasteiger partial charge is 0.331 e. The van der Waals surface area contributed by atoms with Crippen LogP contribution in [0.1, 0.15) is 16.1 Å². The Kier molecular flexibility index (Phi) is 4.58. The highest BCUT2D eigenvalue weighted by atomic mass is 16.2. The average Bonchev–Trinajstić information content (AvgIpc) is 2.68. The van der Waals surface area contributed by atoms with Gasteiger partial charge in [-0.3, -0.25) is 18.7 Å². The fourth-order valence-electron chi connectivity index (χ4n) is 2.96. The predicted molar refractivity (Wildman–Crippen MR) is 94.0 cm³/mol. The van der Waals surface area contributed by atoms with Gasteiger partial charge in [-0.1, -0.05) is 0 Å². The molecule has 1 aliphatic rings. The van der Waals surface area contributed by atoms with E-state index in [4.69, 9.17) is 0 Å². The zero-order valence-electron chi connectivity index (χ0n) is 14.5. The topological polar surface area (TPSA) is 104 Å². The number of amides is 1. The van der Waals surface area contributed by atoms with Crippen molar-refractivity contribution in [1.29, 1.82) is 5.26 Å². The summed E-state index contributed by atoms with van der Waals surface area (Å²) >= 11 is 0. The third-order valence-electron chi connectivity index (χ3n) is 4.52. The van der Waals surface area contributed by atoms with Crippen molar-refractivity contribution in [3.05, 3.63) is 56.5 Å². The van der Waals surface area contributed by atoms with Crippen molar-refractivity contribution in [2.75, 3.05) is 31.1 Å². The van der Waals surface area contributed by atoms with E-state index in [0.717, 1.165) is 4.57 Å². The van der Waals surface area contributed by atoms with E-state index in [1.165, 1.54) is 24.7 Å². The van der Waals surface area contributed by atoms with Crippen LogP contribution in [0.5, 0.6) is 0 Å². The Hall–Kier alpha value is -3.41. The molecule has 1 fully saturated rings. The molecule has 3 heterocycles. The van der Waals surface area contributed by atoms with Gasteiger partial charge in [0.1, 0.15) is 17.6 Å². The Morgan fingerprint density at radius 1 is 1.15 bits per heavy atom. The number of aromatic nitrogens is 3. The monoisotopic (exact) mass is 354 g/mol. The molecule has 134 valence electrons. The minimum atomic E-state index is -0.536. The molecule has 0 spiro atoms. The van der Waals surface area contributed by atoms with Gasteiger partial charge in [0, 0.05) is 52.5 Å². The van der Waals surface area contributed by atoms with Crippen molar-refractivity contribution >= 4 is 11.7 Å². The molecule has 3 rings (SSSR count). The highest BCUT2D eigenvalue weighted by molar-refractivity contribution is 5.92. The molecular weight excluding hydrogens is 336 g/mol. The van der Waals surface area contributed by atoms with E-state index in [-0.39, 0.29) is 11.6 Å². The van der Waals surface area contributed by atoms with Crippen LogP contribution in [0.25, 0.3) is 0 Å². The fraction of sp³-hybridized carbons (Fsp3) is 0.353. The zero-order chi connectivity index (χ0) is 18.8. The van der Waals surface area contributed by atoms with Gasteiger partial charge >= 0.3 is 5.69 Å². The average molecular weight is 354 g/mol. The van der Waals surface area contributed by atoms with Gasteiger partial charge in [0.15, 0.2) is 0 Å². The first-order chi connectivity index (χ1) is 12.4. The number of pyridine rings is 1. The van der Waals surface area contributed by atoms with E-state index in [2.05, 4.69) is 11.1 Å². The second-order valence-corrected chi connectivity index (χ2v) is 6.03. The molecular formula is C17H18N6O3. The van der Waals surface area contributed by atoms with Crippen LogP contribution in [0.15, 0.2) is 34.0 Å². The third-order valence-corrected chi connectivity index (χ3v) is 4.52. The summed E-state index contributed by atoms with van der Waals surface area (Å²) in [5.41, 5.74) is -0.489. The summed E-state index contributed by atoms with van der Waals surface area (Å²) in [6.07, 6.45) is 1.63. The number of carbonyl (C=O) groups excluding carboxylic acids is 1. The number of hydrogen-bond donors (Lipinski definition) is 0. The van der Waals surface area contributed by atoms with E-state index in [1.54, 1.807) is 23.2 Å². The van der Waals surface area contributed by atoms with E-state index in [1.807, 2.05) is 4.90 Å². The van der Waals surface area contributed by atoms with Crippen LogP contribution in [0.2, 0.25) is 0 Å². The number of rotatable bonds is 2. The quantitative estimate of drug-likeness (QED) is 0.707. The molecule has 1 saturated heterocycles. The summed E-state index contributed by atoms with van der Waals surface area (Å²) in [7, 11) is 2.84. The Morgan fingerprint density at radius 3 is 2.50 bits per heavy atom. The first-order valence-corrected chi connectivity index (χ1v) is 8.10. The van der Waals surface area contributed by atoms with Crippen LogP contribution in [-0.2, 0) is 14.1 Å². The highest BCUT2D eigenvalue weighted by Crippen LogP contribution is 2.18. The second kappa shape index (κ2) is 6.84. The van der Waals surface area contributed by atoms with Crippen molar-refractivity contribution in [2.24, 2.45) is 14.1 Å². The largest absolute Gasteiger partial charge is 0.352 e. The van der Waals surface area contributed by atoms with Crippen LogP contribution in [-0.4, -0.2) is 51.1 Å². The standard InChI is InChI=1S/C17H18N6O3/c1-20-13(10-14(24)21(2)17(20)26)16(25)23-8-6-22(7-9-23)15-12(11-18)4-3-5-19-15/h3-5,10H,6-9H2,1-2H3. The SMILES string of the molecule is Cn1c(C(=O)N2CCN(c3ncccc3C#N)CC2)cc(=O)n(C)c1=O. The molecule has 0 N–H and O–H groups in total. The van der Waals surface area contributed by atoms with Crippen molar-refractivity contribution < 1.29 is 4.79 Å². The Bertz CT molecular complexity index is 1010. The van der Waals surface area contributed by atoms with Crippen molar-refractivity contribution in [3.63, 3.8) is 0 Å². The summed E-state index contributed by atoms with van der Waals surface area (Å²) in [5.74, 6) is 0.242. The summed E-state index contributed by atoms with van der Waals surface area (Å²) in [4.78, 5) is 44.4. The predicted octanol–water partition coefficient (Wildman–Crippen LogP) is -0.687. The van der Waals surface area contributed by atoms with Gasteiger partial charge in [-0.2, -0.15) is 5.26 Å². The molecule has 0 bridgehead atoms. The zero-order valence-corrected chi connectivity index (χ0v) is 14.5. The van der Waals surface area contributed by atoms with Gasteiger partial charge in [0.2, 0.25) is 0 Å². The van der Waals surface area contributed by atoms with Crippen LogP contribution < -0.4 is 16.1 Å². The molecule has 26 heavy (non-hydrogen) atoms.